The zero-order chi connectivity index (χ0) is 14.4. The van der Waals surface area contributed by atoms with Gasteiger partial charge in [-0.2, -0.15) is 0 Å². The molecule has 2 unspecified atom stereocenters. The Morgan fingerprint density at radius 2 is 2.10 bits per heavy atom. The molecule has 1 aliphatic rings. The predicted octanol–water partition coefficient (Wildman–Crippen LogP) is 2.43. The molecule has 1 aromatic rings. The summed E-state index contributed by atoms with van der Waals surface area (Å²) < 4.78 is 11.0. The van der Waals surface area contributed by atoms with Gasteiger partial charge in [0.2, 0.25) is 0 Å². The van der Waals surface area contributed by atoms with Crippen molar-refractivity contribution < 1.29 is 14.3 Å². The lowest BCUT2D eigenvalue weighted by Gasteiger charge is -2.28. The summed E-state index contributed by atoms with van der Waals surface area (Å²) in [5, 5.41) is 3.39. The molecule has 110 valence electrons. The fourth-order valence-corrected chi connectivity index (χ4v) is 2.30. The number of carbonyl (C=O) groups excluding carboxylic acids is 1. The second kappa shape index (κ2) is 7.41. The van der Waals surface area contributed by atoms with Crippen LogP contribution >= 0.6 is 0 Å². The van der Waals surface area contributed by atoms with Crippen molar-refractivity contribution in [3.05, 3.63) is 29.8 Å². The third kappa shape index (κ3) is 4.32. The molecule has 1 fully saturated rings. The number of rotatable bonds is 6. The molecular formula is C16H23NO3. The van der Waals surface area contributed by atoms with Gasteiger partial charge in [-0.05, 0) is 37.6 Å². The molecule has 0 bridgehead atoms. The van der Waals surface area contributed by atoms with Gasteiger partial charge in [0, 0.05) is 24.1 Å². The molecule has 4 heteroatoms. The van der Waals surface area contributed by atoms with Crippen molar-refractivity contribution in [3.63, 3.8) is 0 Å². The van der Waals surface area contributed by atoms with Crippen LogP contribution in [0.5, 0.6) is 5.75 Å². The van der Waals surface area contributed by atoms with Gasteiger partial charge in [-0.15, -0.1) is 0 Å². The zero-order valence-corrected chi connectivity index (χ0v) is 12.2. The standard InChI is InChI=1S/C16H23NO3/c1-3-8-20-15-6-4-13(5-7-15)16(18)9-14-11-19-10-12(2)17-14/h4-7,12,14,17H,3,8-11H2,1-2H3. The molecule has 1 aromatic carbocycles. The van der Waals surface area contributed by atoms with E-state index in [0.29, 0.717) is 32.3 Å². The first kappa shape index (κ1) is 15.0. The Morgan fingerprint density at radius 3 is 2.75 bits per heavy atom. The number of carbonyl (C=O) groups is 1. The average molecular weight is 277 g/mol. The molecule has 1 heterocycles. The second-order valence-corrected chi connectivity index (χ2v) is 5.30. The number of morpholine rings is 1. The van der Waals surface area contributed by atoms with Crippen molar-refractivity contribution in [1.82, 2.24) is 5.32 Å². The summed E-state index contributed by atoms with van der Waals surface area (Å²) in [5.74, 6) is 0.957. The lowest BCUT2D eigenvalue weighted by molar-refractivity contribution is 0.0463. The van der Waals surface area contributed by atoms with E-state index >= 15 is 0 Å². The van der Waals surface area contributed by atoms with Gasteiger partial charge in [0.05, 0.1) is 19.8 Å². The molecule has 20 heavy (non-hydrogen) atoms. The van der Waals surface area contributed by atoms with Crippen molar-refractivity contribution in [2.75, 3.05) is 19.8 Å². The monoisotopic (exact) mass is 277 g/mol. The second-order valence-electron chi connectivity index (χ2n) is 5.30. The first-order chi connectivity index (χ1) is 9.69. The average Bonchev–Trinajstić information content (AvgIpc) is 2.45. The van der Waals surface area contributed by atoms with E-state index in [1.165, 1.54) is 0 Å². The number of Topliss-reactive ketones (excluding diaryl/α,β-unsaturated/α-hetero) is 1. The lowest BCUT2D eigenvalue weighted by atomic mass is 10.0. The van der Waals surface area contributed by atoms with E-state index in [1.54, 1.807) is 0 Å². The van der Waals surface area contributed by atoms with E-state index < -0.39 is 0 Å². The quantitative estimate of drug-likeness (QED) is 0.811. The number of ether oxygens (including phenoxy) is 2. The summed E-state index contributed by atoms with van der Waals surface area (Å²) in [6.45, 7) is 6.16. The van der Waals surface area contributed by atoms with E-state index in [2.05, 4.69) is 19.2 Å². The van der Waals surface area contributed by atoms with Crippen LogP contribution in [0.4, 0.5) is 0 Å². The van der Waals surface area contributed by atoms with Gasteiger partial charge in [-0.1, -0.05) is 6.92 Å². The van der Waals surface area contributed by atoms with E-state index in [9.17, 15) is 4.79 Å². The number of benzene rings is 1. The minimum atomic E-state index is 0.113. The molecule has 4 nitrogen and oxygen atoms in total. The maximum atomic E-state index is 12.2. The van der Waals surface area contributed by atoms with Gasteiger partial charge in [-0.3, -0.25) is 4.79 Å². The van der Waals surface area contributed by atoms with Crippen LogP contribution in [-0.4, -0.2) is 37.7 Å². The van der Waals surface area contributed by atoms with Crippen LogP contribution in [0.25, 0.3) is 0 Å². The molecular weight excluding hydrogens is 254 g/mol. The third-order valence-electron chi connectivity index (χ3n) is 3.29. The number of hydrogen-bond donors (Lipinski definition) is 1. The van der Waals surface area contributed by atoms with Crippen molar-refractivity contribution in [2.45, 2.75) is 38.8 Å². The van der Waals surface area contributed by atoms with Crippen LogP contribution in [0.1, 0.15) is 37.0 Å². The van der Waals surface area contributed by atoms with Crippen LogP contribution in [0.2, 0.25) is 0 Å². The Kier molecular flexibility index (Phi) is 5.56. The Bertz CT molecular complexity index is 430. The minimum Gasteiger partial charge on any atom is -0.494 e. The molecule has 0 amide bonds. The van der Waals surface area contributed by atoms with Crippen LogP contribution in [-0.2, 0) is 4.74 Å². The van der Waals surface area contributed by atoms with Gasteiger partial charge in [0.1, 0.15) is 5.75 Å². The largest absolute Gasteiger partial charge is 0.494 e. The number of hydrogen-bond acceptors (Lipinski definition) is 4. The van der Waals surface area contributed by atoms with E-state index in [0.717, 1.165) is 17.7 Å². The summed E-state index contributed by atoms with van der Waals surface area (Å²) in [7, 11) is 0. The van der Waals surface area contributed by atoms with Crippen LogP contribution in [0.15, 0.2) is 24.3 Å². The van der Waals surface area contributed by atoms with E-state index in [1.807, 2.05) is 24.3 Å². The smallest absolute Gasteiger partial charge is 0.164 e. The van der Waals surface area contributed by atoms with Crippen LogP contribution < -0.4 is 10.1 Å². The summed E-state index contributed by atoms with van der Waals surface area (Å²) in [6, 6.07) is 7.81. The zero-order valence-electron chi connectivity index (χ0n) is 12.2. The Labute approximate surface area is 120 Å². The van der Waals surface area contributed by atoms with E-state index in [4.69, 9.17) is 9.47 Å². The normalized spacial score (nSPS) is 22.5. The van der Waals surface area contributed by atoms with Gasteiger partial charge in [-0.25, -0.2) is 0 Å². The molecule has 0 saturated carbocycles. The summed E-state index contributed by atoms with van der Waals surface area (Å²) >= 11 is 0. The molecule has 0 spiro atoms. The van der Waals surface area contributed by atoms with Crippen molar-refractivity contribution >= 4 is 5.78 Å². The van der Waals surface area contributed by atoms with Gasteiger partial charge < -0.3 is 14.8 Å². The van der Waals surface area contributed by atoms with Crippen LogP contribution in [0.3, 0.4) is 0 Å². The molecule has 1 aliphatic heterocycles. The van der Waals surface area contributed by atoms with E-state index in [-0.39, 0.29) is 11.8 Å². The Morgan fingerprint density at radius 1 is 1.35 bits per heavy atom. The lowest BCUT2D eigenvalue weighted by Crippen LogP contribution is -2.48. The van der Waals surface area contributed by atoms with Gasteiger partial charge >= 0.3 is 0 Å². The fraction of sp³-hybridized carbons (Fsp3) is 0.562. The highest BCUT2D eigenvalue weighted by molar-refractivity contribution is 5.96. The highest BCUT2D eigenvalue weighted by atomic mass is 16.5. The number of nitrogens with one attached hydrogen (secondary N) is 1. The molecule has 1 saturated heterocycles. The summed E-state index contributed by atoms with van der Waals surface area (Å²) in [4.78, 5) is 12.2. The maximum absolute atomic E-state index is 12.2. The molecule has 2 rings (SSSR count). The van der Waals surface area contributed by atoms with Crippen LogP contribution in [0, 0.1) is 0 Å². The van der Waals surface area contributed by atoms with Crippen molar-refractivity contribution in [3.8, 4) is 5.75 Å². The highest BCUT2D eigenvalue weighted by Gasteiger charge is 2.21. The summed E-state index contributed by atoms with van der Waals surface area (Å²) in [6.07, 6.45) is 1.45. The maximum Gasteiger partial charge on any atom is 0.164 e. The molecule has 0 radical (unpaired) electrons. The van der Waals surface area contributed by atoms with Gasteiger partial charge in [0.25, 0.3) is 0 Å². The topological polar surface area (TPSA) is 47.6 Å². The Hall–Kier alpha value is -1.39. The molecule has 1 N–H and O–H groups in total. The number of ketones is 1. The molecule has 0 aromatic heterocycles. The first-order valence-electron chi connectivity index (χ1n) is 7.29. The van der Waals surface area contributed by atoms with Gasteiger partial charge in [0.15, 0.2) is 5.78 Å². The van der Waals surface area contributed by atoms with Crippen molar-refractivity contribution in [2.24, 2.45) is 0 Å². The fourth-order valence-electron chi connectivity index (χ4n) is 2.30. The third-order valence-corrected chi connectivity index (χ3v) is 3.29. The molecule has 0 aliphatic carbocycles. The SMILES string of the molecule is CCCOc1ccc(C(=O)CC2COCC(C)N2)cc1. The summed E-state index contributed by atoms with van der Waals surface area (Å²) in [5.41, 5.74) is 0.730. The molecule has 2 atom stereocenters. The Balaban J connectivity index is 1.88. The van der Waals surface area contributed by atoms with Crippen molar-refractivity contribution in [1.29, 1.82) is 0 Å². The minimum absolute atomic E-state index is 0.113. The predicted molar refractivity (Wildman–Crippen MR) is 78.4 cm³/mol. The first-order valence-corrected chi connectivity index (χ1v) is 7.29. The highest BCUT2D eigenvalue weighted by Crippen LogP contribution is 2.15.